The highest BCUT2D eigenvalue weighted by atomic mass is 35.5. The Morgan fingerprint density at radius 1 is 1.44 bits per heavy atom. The lowest BCUT2D eigenvalue weighted by Crippen LogP contribution is -2.21. The van der Waals surface area contributed by atoms with Crippen LogP contribution in [-0.4, -0.2) is 12.5 Å². The summed E-state index contributed by atoms with van der Waals surface area (Å²) in [5.41, 5.74) is 0.856. The van der Waals surface area contributed by atoms with Crippen LogP contribution in [0.1, 0.15) is 25.3 Å². The maximum absolute atomic E-state index is 11.4. The zero-order chi connectivity index (χ0) is 11.8. The number of carbonyl (C=O) groups excluding carboxylic acids is 1. The standard InChI is InChI=1S/C13H16ClNO/c1-2-3-10-15-13(16)9-8-11-6-4-5-7-12(11)14/h4-9H,2-3,10H2,1H3,(H,15,16). The van der Waals surface area contributed by atoms with Gasteiger partial charge in [0.15, 0.2) is 0 Å². The van der Waals surface area contributed by atoms with Crippen molar-refractivity contribution in [3.8, 4) is 0 Å². The molecule has 0 aliphatic carbocycles. The minimum atomic E-state index is -0.0756. The van der Waals surface area contributed by atoms with Gasteiger partial charge in [0.25, 0.3) is 0 Å². The Balaban J connectivity index is 2.47. The predicted octanol–water partition coefficient (Wildman–Crippen LogP) is 3.27. The van der Waals surface area contributed by atoms with Crippen molar-refractivity contribution < 1.29 is 4.79 Å². The van der Waals surface area contributed by atoms with Crippen LogP contribution < -0.4 is 5.32 Å². The van der Waals surface area contributed by atoms with E-state index >= 15 is 0 Å². The fourth-order valence-corrected chi connectivity index (χ4v) is 1.42. The molecule has 3 heteroatoms. The summed E-state index contributed by atoms with van der Waals surface area (Å²) in [6.45, 7) is 2.81. The Kier molecular flexibility index (Phi) is 5.65. The van der Waals surface area contributed by atoms with Gasteiger partial charge in [0.05, 0.1) is 0 Å². The number of hydrogen-bond donors (Lipinski definition) is 1. The number of halogens is 1. The Morgan fingerprint density at radius 2 is 2.19 bits per heavy atom. The fraction of sp³-hybridized carbons (Fsp3) is 0.308. The van der Waals surface area contributed by atoms with Crippen LogP contribution in [0.5, 0.6) is 0 Å². The van der Waals surface area contributed by atoms with Crippen LogP contribution in [0.2, 0.25) is 5.02 Å². The van der Waals surface area contributed by atoms with Gasteiger partial charge in [0.1, 0.15) is 0 Å². The molecule has 1 N–H and O–H groups in total. The second kappa shape index (κ2) is 7.07. The highest BCUT2D eigenvalue weighted by molar-refractivity contribution is 6.32. The molecule has 0 unspecified atom stereocenters. The van der Waals surface area contributed by atoms with Gasteiger partial charge in [-0.15, -0.1) is 0 Å². The summed E-state index contributed by atoms with van der Waals surface area (Å²) in [6, 6.07) is 7.43. The quantitative estimate of drug-likeness (QED) is 0.618. The summed E-state index contributed by atoms with van der Waals surface area (Å²) in [6.07, 6.45) is 5.32. The average molecular weight is 238 g/mol. The molecule has 1 rings (SSSR count). The first kappa shape index (κ1) is 12.8. The van der Waals surface area contributed by atoms with Crippen molar-refractivity contribution in [3.05, 3.63) is 40.9 Å². The summed E-state index contributed by atoms with van der Waals surface area (Å²) < 4.78 is 0. The summed E-state index contributed by atoms with van der Waals surface area (Å²) >= 11 is 5.95. The summed E-state index contributed by atoms with van der Waals surface area (Å²) in [5, 5.41) is 3.46. The molecule has 16 heavy (non-hydrogen) atoms. The maximum Gasteiger partial charge on any atom is 0.243 e. The van der Waals surface area contributed by atoms with Gasteiger partial charge in [-0.2, -0.15) is 0 Å². The summed E-state index contributed by atoms with van der Waals surface area (Å²) in [4.78, 5) is 11.4. The van der Waals surface area contributed by atoms with E-state index in [9.17, 15) is 4.79 Å². The van der Waals surface area contributed by atoms with Gasteiger partial charge in [0.2, 0.25) is 5.91 Å². The van der Waals surface area contributed by atoms with E-state index in [4.69, 9.17) is 11.6 Å². The van der Waals surface area contributed by atoms with Crippen LogP contribution in [0.15, 0.2) is 30.3 Å². The third-order valence-electron chi connectivity index (χ3n) is 2.15. The number of carbonyl (C=O) groups is 1. The molecule has 0 bridgehead atoms. The number of amides is 1. The van der Waals surface area contributed by atoms with Crippen LogP contribution in [0, 0.1) is 0 Å². The van der Waals surface area contributed by atoms with Crippen LogP contribution >= 0.6 is 11.6 Å². The van der Waals surface area contributed by atoms with Gasteiger partial charge in [0, 0.05) is 17.6 Å². The molecule has 0 saturated heterocycles. The first-order valence-corrected chi connectivity index (χ1v) is 5.82. The predicted molar refractivity (Wildman–Crippen MR) is 68.4 cm³/mol. The molecule has 0 aliphatic heterocycles. The summed E-state index contributed by atoms with van der Waals surface area (Å²) in [7, 11) is 0. The highest BCUT2D eigenvalue weighted by Gasteiger charge is 1.96. The van der Waals surface area contributed by atoms with E-state index in [-0.39, 0.29) is 5.91 Å². The Bertz CT molecular complexity index is 374. The third kappa shape index (κ3) is 4.49. The van der Waals surface area contributed by atoms with E-state index in [1.54, 1.807) is 12.1 Å². The molecule has 0 atom stereocenters. The Morgan fingerprint density at radius 3 is 2.88 bits per heavy atom. The molecule has 0 aliphatic rings. The minimum absolute atomic E-state index is 0.0756. The third-order valence-corrected chi connectivity index (χ3v) is 2.49. The van der Waals surface area contributed by atoms with Crippen molar-refractivity contribution in [1.29, 1.82) is 0 Å². The minimum Gasteiger partial charge on any atom is -0.353 e. The lowest BCUT2D eigenvalue weighted by Gasteiger charge is -2.00. The molecule has 0 heterocycles. The van der Waals surface area contributed by atoms with Crippen molar-refractivity contribution in [2.45, 2.75) is 19.8 Å². The van der Waals surface area contributed by atoms with Gasteiger partial charge in [-0.3, -0.25) is 4.79 Å². The Hall–Kier alpha value is -1.28. The number of benzene rings is 1. The molecule has 86 valence electrons. The molecule has 0 aromatic heterocycles. The zero-order valence-corrected chi connectivity index (χ0v) is 10.1. The molecular formula is C13H16ClNO. The molecule has 1 amide bonds. The van der Waals surface area contributed by atoms with Crippen molar-refractivity contribution >= 4 is 23.6 Å². The van der Waals surface area contributed by atoms with E-state index < -0.39 is 0 Å². The van der Waals surface area contributed by atoms with Gasteiger partial charge in [-0.1, -0.05) is 43.1 Å². The monoisotopic (exact) mass is 237 g/mol. The first-order valence-electron chi connectivity index (χ1n) is 5.44. The molecule has 0 fully saturated rings. The normalized spacial score (nSPS) is 10.6. The van der Waals surface area contributed by atoms with Crippen LogP contribution in [0.3, 0.4) is 0 Å². The molecule has 0 spiro atoms. The van der Waals surface area contributed by atoms with E-state index in [0.29, 0.717) is 5.02 Å². The van der Waals surface area contributed by atoms with Crippen LogP contribution in [-0.2, 0) is 4.79 Å². The van der Waals surface area contributed by atoms with Gasteiger partial charge in [-0.25, -0.2) is 0 Å². The van der Waals surface area contributed by atoms with Crippen molar-refractivity contribution in [2.24, 2.45) is 0 Å². The highest BCUT2D eigenvalue weighted by Crippen LogP contribution is 2.15. The first-order chi connectivity index (χ1) is 7.74. The molecule has 0 saturated carbocycles. The van der Waals surface area contributed by atoms with Crippen LogP contribution in [0.25, 0.3) is 6.08 Å². The summed E-state index contributed by atoms with van der Waals surface area (Å²) in [5.74, 6) is -0.0756. The number of rotatable bonds is 5. The molecule has 0 radical (unpaired) electrons. The molecule has 1 aromatic rings. The lowest BCUT2D eigenvalue weighted by molar-refractivity contribution is -0.116. The van der Waals surface area contributed by atoms with Crippen molar-refractivity contribution in [1.82, 2.24) is 5.32 Å². The smallest absolute Gasteiger partial charge is 0.243 e. The SMILES string of the molecule is CCCCNC(=O)C=Cc1ccccc1Cl. The fourth-order valence-electron chi connectivity index (χ4n) is 1.22. The van der Waals surface area contributed by atoms with Gasteiger partial charge in [-0.05, 0) is 24.1 Å². The second-order valence-corrected chi connectivity index (χ2v) is 3.91. The van der Waals surface area contributed by atoms with E-state index in [2.05, 4.69) is 12.2 Å². The number of hydrogen-bond acceptors (Lipinski definition) is 1. The molecule has 2 nitrogen and oxygen atoms in total. The van der Waals surface area contributed by atoms with Crippen molar-refractivity contribution in [2.75, 3.05) is 6.54 Å². The molecular weight excluding hydrogens is 222 g/mol. The largest absolute Gasteiger partial charge is 0.353 e. The van der Waals surface area contributed by atoms with Crippen molar-refractivity contribution in [3.63, 3.8) is 0 Å². The maximum atomic E-state index is 11.4. The average Bonchev–Trinajstić information content (AvgIpc) is 2.28. The van der Waals surface area contributed by atoms with E-state index in [0.717, 1.165) is 24.9 Å². The zero-order valence-electron chi connectivity index (χ0n) is 9.37. The lowest BCUT2D eigenvalue weighted by atomic mass is 10.2. The topological polar surface area (TPSA) is 29.1 Å². The van der Waals surface area contributed by atoms with Crippen LogP contribution in [0.4, 0.5) is 0 Å². The second-order valence-electron chi connectivity index (χ2n) is 3.50. The molecule has 1 aromatic carbocycles. The van der Waals surface area contributed by atoms with E-state index in [1.807, 2.05) is 18.2 Å². The Labute approximate surface area is 101 Å². The van der Waals surface area contributed by atoms with Gasteiger partial charge < -0.3 is 5.32 Å². The van der Waals surface area contributed by atoms with Gasteiger partial charge >= 0.3 is 0 Å². The van der Waals surface area contributed by atoms with E-state index in [1.165, 1.54) is 6.08 Å². The number of unbranched alkanes of at least 4 members (excludes halogenated alkanes) is 1. The number of nitrogens with one attached hydrogen (secondary N) is 1.